The average molecular weight is 702 g/mol. The van der Waals surface area contributed by atoms with Gasteiger partial charge in [-0.1, -0.05) is 54.6 Å². The molecule has 2 heteroatoms. The molecule has 0 aromatic heterocycles. The maximum Gasteiger partial charge on any atom is 2.00 e. The van der Waals surface area contributed by atoms with Crippen molar-refractivity contribution >= 4 is 0 Å². The summed E-state index contributed by atoms with van der Waals surface area (Å²) in [6.45, 7) is 0. The molecule has 0 aliphatic carbocycles. The Bertz CT molecular complexity index is 771. The summed E-state index contributed by atoms with van der Waals surface area (Å²) in [7, 11) is 0. The Hall–Kier alpha value is -1.74. The molecule has 4 aromatic carbocycles. The normalized spacial score (nSPS) is 9.14. The van der Waals surface area contributed by atoms with Crippen LogP contribution in [0.4, 0.5) is 0 Å². The minimum absolute atomic E-state index is 0. The van der Waals surface area contributed by atoms with Crippen LogP contribution in [0.1, 0.15) is 22.3 Å². The van der Waals surface area contributed by atoms with E-state index < -0.39 is 0 Å². The number of hydrogen-bond donors (Lipinski definition) is 0. The van der Waals surface area contributed by atoms with E-state index in [2.05, 4.69) is 78.9 Å². The molecule has 4 rings (SSSR count). The molecular formula is C26H22W2. The molecule has 0 aliphatic rings. The van der Waals surface area contributed by atoms with Crippen LogP contribution in [0.5, 0.6) is 0 Å². The van der Waals surface area contributed by atoms with Crippen molar-refractivity contribution in [2.75, 3.05) is 0 Å². The SMILES string of the molecule is [W+2].[W].[c-]1ccc(Cc2ccc(Cc3ccccc3)cc2)cc1.[c-]1ccccc1. The molecule has 0 unspecified atom stereocenters. The van der Waals surface area contributed by atoms with Gasteiger partial charge in [-0.3, -0.25) is 0 Å². The van der Waals surface area contributed by atoms with E-state index in [9.17, 15) is 0 Å². The van der Waals surface area contributed by atoms with Gasteiger partial charge in [-0.15, -0.1) is 0 Å². The van der Waals surface area contributed by atoms with E-state index in [4.69, 9.17) is 0 Å². The Balaban J connectivity index is 0.000000423. The zero-order valence-electron chi connectivity index (χ0n) is 15.6. The Kier molecular flexibility index (Phi) is 12.4. The van der Waals surface area contributed by atoms with E-state index in [0.29, 0.717) is 0 Å². The van der Waals surface area contributed by atoms with Crippen LogP contribution >= 0.6 is 0 Å². The van der Waals surface area contributed by atoms with E-state index in [-0.39, 0.29) is 42.1 Å². The molecule has 0 radical (unpaired) electrons. The number of hydrogen-bond acceptors (Lipinski definition) is 0. The van der Waals surface area contributed by atoms with Gasteiger partial charge in [-0.25, -0.2) is 0 Å². The van der Waals surface area contributed by atoms with E-state index >= 15 is 0 Å². The minimum Gasteiger partial charge on any atom is -0.184 e. The smallest absolute Gasteiger partial charge is 0.184 e. The molecule has 28 heavy (non-hydrogen) atoms. The van der Waals surface area contributed by atoms with Crippen LogP contribution < -0.4 is 0 Å². The van der Waals surface area contributed by atoms with Gasteiger partial charge in [0.15, 0.2) is 0 Å². The van der Waals surface area contributed by atoms with Gasteiger partial charge in [-0.05, 0) is 29.5 Å². The van der Waals surface area contributed by atoms with Gasteiger partial charge in [-0.2, -0.15) is 72.3 Å². The summed E-state index contributed by atoms with van der Waals surface area (Å²) in [6, 6.07) is 43.3. The Morgan fingerprint density at radius 2 is 0.821 bits per heavy atom. The van der Waals surface area contributed by atoms with E-state index in [0.717, 1.165) is 12.8 Å². The Morgan fingerprint density at radius 1 is 0.429 bits per heavy atom. The van der Waals surface area contributed by atoms with Gasteiger partial charge in [0.1, 0.15) is 0 Å². The van der Waals surface area contributed by atoms with Crippen LogP contribution in [-0.4, -0.2) is 0 Å². The van der Waals surface area contributed by atoms with Gasteiger partial charge in [0.05, 0.1) is 0 Å². The monoisotopic (exact) mass is 702 g/mol. The molecule has 0 atom stereocenters. The number of benzene rings is 4. The maximum absolute atomic E-state index is 3.05. The zero-order valence-corrected chi connectivity index (χ0v) is 21.5. The summed E-state index contributed by atoms with van der Waals surface area (Å²) in [4.78, 5) is 0. The van der Waals surface area contributed by atoms with Crippen molar-refractivity contribution in [2.45, 2.75) is 12.8 Å². The van der Waals surface area contributed by atoms with Crippen molar-refractivity contribution < 1.29 is 42.1 Å². The summed E-state index contributed by atoms with van der Waals surface area (Å²) in [5.41, 5.74) is 5.41. The van der Waals surface area contributed by atoms with Crippen LogP contribution in [0.3, 0.4) is 0 Å². The molecule has 0 aliphatic heterocycles. The molecule has 0 nitrogen and oxygen atoms in total. The molecule has 0 saturated heterocycles. The molecule has 4 aromatic rings. The van der Waals surface area contributed by atoms with Crippen molar-refractivity contribution in [2.24, 2.45) is 0 Å². The van der Waals surface area contributed by atoms with Crippen LogP contribution in [0.25, 0.3) is 0 Å². The first-order valence-corrected chi connectivity index (χ1v) is 8.88. The van der Waals surface area contributed by atoms with Crippen molar-refractivity contribution in [1.82, 2.24) is 0 Å². The van der Waals surface area contributed by atoms with E-state index in [1.165, 1.54) is 22.3 Å². The molecule has 138 valence electrons. The summed E-state index contributed by atoms with van der Waals surface area (Å²) >= 11 is 0. The molecule has 0 saturated carbocycles. The fraction of sp³-hybridized carbons (Fsp3) is 0.0769. The van der Waals surface area contributed by atoms with Gasteiger partial charge >= 0.3 is 21.1 Å². The second kappa shape index (κ2) is 14.3. The third kappa shape index (κ3) is 8.96. The summed E-state index contributed by atoms with van der Waals surface area (Å²) in [5, 5.41) is 0. The second-order valence-corrected chi connectivity index (χ2v) is 6.14. The fourth-order valence-electron chi connectivity index (χ4n) is 2.72. The molecule has 0 bridgehead atoms. The summed E-state index contributed by atoms with van der Waals surface area (Å²) < 4.78 is 0. The van der Waals surface area contributed by atoms with Crippen molar-refractivity contribution in [3.8, 4) is 0 Å². The van der Waals surface area contributed by atoms with Gasteiger partial charge in [0, 0.05) is 21.1 Å². The molecule has 0 heterocycles. The van der Waals surface area contributed by atoms with Gasteiger partial charge in [0.25, 0.3) is 0 Å². The molecule has 0 fully saturated rings. The van der Waals surface area contributed by atoms with Crippen LogP contribution in [0, 0.1) is 12.1 Å². The molecule has 0 spiro atoms. The van der Waals surface area contributed by atoms with Gasteiger partial charge in [0.2, 0.25) is 0 Å². The Morgan fingerprint density at radius 3 is 1.25 bits per heavy atom. The second-order valence-electron chi connectivity index (χ2n) is 6.14. The van der Waals surface area contributed by atoms with Crippen LogP contribution in [-0.2, 0) is 55.0 Å². The largest absolute Gasteiger partial charge is 2.00 e. The fourth-order valence-corrected chi connectivity index (χ4v) is 2.72. The quantitative estimate of drug-likeness (QED) is 0.224. The summed E-state index contributed by atoms with van der Waals surface area (Å²) in [5.74, 6) is 0. The summed E-state index contributed by atoms with van der Waals surface area (Å²) in [6.07, 6.45) is 1.99. The standard InChI is InChI=1S/C20H17.C6H5.2W/c1-3-7-17(8-4-1)15-19-11-13-20(14-12-19)16-18-9-5-2-6-10-18;1-2-4-6-5-3-1;;/h1,3-14H,15-16H2;1-5H;;/q2*-1;;+2. The van der Waals surface area contributed by atoms with Crippen LogP contribution in [0.2, 0.25) is 0 Å². The number of rotatable bonds is 4. The first-order valence-electron chi connectivity index (χ1n) is 8.88. The predicted octanol–water partition coefficient (Wildman–Crippen LogP) is 6.15. The predicted molar refractivity (Wildman–Crippen MR) is 109 cm³/mol. The van der Waals surface area contributed by atoms with Crippen molar-refractivity contribution in [1.29, 1.82) is 0 Å². The zero-order chi connectivity index (χ0) is 17.9. The first-order chi connectivity index (χ1) is 12.9. The molecule has 0 amide bonds. The van der Waals surface area contributed by atoms with E-state index in [1.807, 2.05) is 42.5 Å². The average Bonchev–Trinajstić information content (AvgIpc) is 2.73. The maximum atomic E-state index is 3.05. The van der Waals surface area contributed by atoms with Gasteiger partial charge < -0.3 is 0 Å². The third-order valence-corrected chi connectivity index (χ3v) is 4.08. The first kappa shape index (κ1) is 24.3. The van der Waals surface area contributed by atoms with Crippen LogP contribution in [0.15, 0.2) is 109 Å². The molecular weight excluding hydrogens is 680 g/mol. The van der Waals surface area contributed by atoms with Crippen molar-refractivity contribution in [3.05, 3.63) is 144 Å². The van der Waals surface area contributed by atoms with E-state index in [1.54, 1.807) is 0 Å². The minimum atomic E-state index is 0. The Labute approximate surface area is 197 Å². The van der Waals surface area contributed by atoms with Crippen molar-refractivity contribution in [3.63, 3.8) is 0 Å². The molecule has 0 N–H and O–H groups in total. The third-order valence-electron chi connectivity index (χ3n) is 4.08. The topological polar surface area (TPSA) is 0 Å².